The zero-order chi connectivity index (χ0) is 27.2. The van der Waals surface area contributed by atoms with E-state index in [2.05, 4.69) is 20.3 Å². The third-order valence-electron chi connectivity index (χ3n) is 6.60. The molecule has 1 aliphatic rings. The van der Waals surface area contributed by atoms with Gasteiger partial charge in [-0.15, -0.1) is 11.3 Å². The van der Waals surface area contributed by atoms with Gasteiger partial charge in [-0.05, 0) is 54.5 Å². The summed E-state index contributed by atoms with van der Waals surface area (Å²) in [5.74, 6) is -1.20. The maximum absolute atomic E-state index is 13.0. The number of halogens is 3. The van der Waals surface area contributed by atoms with Crippen LogP contribution in [0.25, 0.3) is 10.4 Å². The number of nitrogens with one attached hydrogen (secondary N) is 1. The van der Waals surface area contributed by atoms with Gasteiger partial charge in [0.15, 0.2) is 0 Å². The monoisotopic (exact) mass is 536 g/mol. The molecule has 8 nitrogen and oxygen atoms in total. The molecule has 37 heavy (non-hydrogen) atoms. The highest BCUT2D eigenvalue weighted by atomic mass is 32.1. The summed E-state index contributed by atoms with van der Waals surface area (Å²) in [6.07, 6.45) is -3.08. The molecular weight excluding hydrogens is 509 g/mol. The van der Waals surface area contributed by atoms with Crippen LogP contribution in [0.15, 0.2) is 36.7 Å². The molecule has 3 N–H and O–H groups in total. The van der Waals surface area contributed by atoms with Crippen LogP contribution >= 0.6 is 11.3 Å². The number of hydrogen-bond donors (Lipinski definition) is 3. The molecule has 3 atom stereocenters. The average Bonchev–Trinajstić information content (AvgIpc) is 3.31. The largest absolute Gasteiger partial charge is 0.469 e. The first kappa shape index (κ1) is 27.0. The molecule has 0 bridgehead atoms. The normalized spacial score (nSPS) is 23.5. The zero-order valence-corrected chi connectivity index (χ0v) is 21.4. The predicted octanol–water partition coefficient (Wildman–Crippen LogP) is 4.83. The maximum atomic E-state index is 13.0. The van der Waals surface area contributed by atoms with E-state index in [1.54, 1.807) is 18.3 Å². The highest BCUT2D eigenvalue weighted by Gasteiger charge is 2.54. The summed E-state index contributed by atoms with van der Waals surface area (Å²) in [5, 5.41) is 25.5. The number of rotatable bonds is 5. The first-order chi connectivity index (χ1) is 17.2. The summed E-state index contributed by atoms with van der Waals surface area (Å²) in [4.78, 5) is 24.7. The van der Waals surface area contributed by atoms with Crippen LogP contribution in [0.2, 0.25) is 0 Å². The zero-order valence-electron chi connectivity index (χ0n) is 20.6. The lowest BCUT2D eigenvalue weighted by Crippen LogP contribution is -2.53. The third-order valence-corrected chi connectivity index (χ3v) is 7.82. The number of anilines is 2. The quantitative estimate of drug-likeness (QED) is 0.397. The molecule has 2 heterocycles. The molecule has 0 aliphatic heterocycles. The van der Waals surface area contributed by atoms with Crippen molar-refractivity contribution in [1.82, 2.24) is 15.0 Å². The Morgan fingerprint density at radius 1 is 1.24 bits per heavy atom. The number of hydrogen-bond acceptors (Lipinski definition) is 9. The van der Waals surface area contributed by atoms with E-state index in [0.717, 1.165) is 17.8 Å². The molecule has 0 spiro atoms. The second-order valence-electron chi connectivity index (χ2n) is 9.92. The number of aryl methyl sites for hydroxylation is 1. The van der Waals surface area contributed by atoms with Crippen LogP contribution in [0.3, 0.4) is 0 Å². The lowest BCUT2D eigenvalue weighted by atomic mass is 9.62. The summed E-state index contributed by atoms with van der Waals surface area (Å²) >= 11 is 1.20. The van der Waals surface area contributed by atoms with E-state index in [0.29, 0.717) is 21.1 Å². The van der Waals surface area contributed by atoms with Crippen LogP contribution in [0.1, 0.15) is 43.0 Å². The van der Waals surface area contributed by atoms with E-state index in [9.17, 15) is 28.2 Å². The van der Waals surface area contributed by atoms with Gasteiger partial charge in [0.2, 0.25) is 5.95 Å². The number of methoxy groups -OCH3 is 1. The minimum absolute atomic E-state index is 0.0284. The number of ether oxygens (including phenoxy) is 1. The molecule has 2 aromatic heterocycles. The summed E-state index contributed by atoms with van der Waals surface area (Å²) in [7, 11) is 1.29. The fourth-order valence-electron chi connectivity index (χ4n) is 4.76. The Bertz CT molecular complexity index is 1310. The van der Waals surface area contributed by atoms with Crippen molar-refractivity contribution in [3.63, 3.8) is 0 Å². The van der Waals surface area contributed by atoms with Crippen LogP contribution in [0.5, 0.6) is 0 Å². The van der Waals surface area contributed by atoms with E-state index in [4.69, 9.17) is 4.74 Å². The average molecular weight is 537 g/mol. The van der Waals surface area contributed by atoms with Crippen LogP contribution in [-0.2, 0) is 21.3 Å². The summed E-state index contributed by atoms with van der Waals surface area (Å²) in [6.45, 7) is 5.51. The Balaban J connectivity index is 1.61. The molecule has 3 aromatic rings. The molecule has 12 heteroatoms. The molecule has 1 aliphatic carbocycles. The van der Waals surface area contributed by atoms with E-state index >= 15 is 0 Å². The van der Waals surface area contributed by atoms with Gasteiger partial charge in [-0.3, -0.25) is 4.79 Å². The Kier molecular flexibility index (Phi) is 7.04. The van der Waals surface area contributed by atoms with Crippen molar-refractivity contribution in [2.45, 2.75) is 51.5 Å². The Hall–Kier alpha value is -3.09. The van der Waals surface area contributed by atoms with Gasteiger partial charge in [-0.25, -0.2) is 15.0 Å². The maximum Gasteiger partial charge on any atom is 0.433 e. The molecule has 1 fully saturated rings. The van der Waals surface area contributed by atoms with E-state index in [1.165, 1.54) is 18.4 Å². The van der Waals surface area contributed by atoms with Crippen molar-refractivity contribution in [3.05, 3.63) is 52.9 Å². The number of thiazole rings is 1. The topological polar surface area (TPSA) is 117 Å². The van der Waals surface area contributed by atoms with Gasteiger partial charge in [-0.1, -0.05) is 19.9 Å². The van der Waals surface area contributed by atoms with Crippen molar-refractivity contribution in [3.8, 4) is 10.4 Å². The summed E-state index contributed by atoms with van der Waals surface area (Å²) in [6, 6.07) is 6.12. The molecular formula is C25H27F3N4O4S. The first-order valence-electron chi connectivity index (χ1n) is 11.5. The van der Waals surface area contributed by atoms with Crippen molar-refractivity contribution >= 4 is 28.9 Å². The SMILES string of the molecule is COC(=O)[C@@H]1C[C@@H](O)[C@@](O)(c2ncc(-c3cc(C)cc(Nc4nccc(C(F)(F)F)n4)c3)s2)CC1(C)C. The van der Waals surface area contributed by atoms with Gasteiger partial charge in [0.1, 0.15) is 16.3 Å². The fraction of sp³-hybridized carbons (Fsp3) is 0.440. The first-order valence-corrected chi connectivity index (χ1v) is 12.3. The lowest BCUT2D eigenvalue weighted by molar-refractivity contribution is -0.178. The van der Waals surface area contributed by atoms with Gasteiger partial charge in [-0.2, -0.15) is 13.2 Å². The number of carbonyl (C=O) groups is 1. The fourth-order valence-corrected chi connectivity index (χ4v) is 5.80. The standard InChI is InChI=1S/C25H27F3N4O4S/c1-13-7-14(9-15(8-13)31-22-29-6-5-18(32-22)25(26,27)28)17-11-30-21(37-17)24(35)12-23(2,3)16(10-19(24)33)20(34)36-4/h5-9,11,16,19,33,35H,10,12H2,1-4H3,(H,29,31,32)/t16-,19+,24+/m0/s1. The van der Waals surface area contributed by atoms with Crippen LogP contribution < -0.4 is 5.32 Å². The van der Waals surface area contributed by atoms with Gasteiger partial charge in [0.05, 0.1) is 24.0 Å². The second kappa shape index (κ2) is 9.66. The Labute approximate surface area is 215 Å². The molecule has 0 unspecified atom stereocenters. The smallest absolute Gasteiger partial charge is 0.433 e. The predicted molar refractivity (Wildman–Crippen MR) is 131 cm³/mol. The number of esters is 1. The number of carbonyl (C=O) groups excluding carboxylic acids is 1. The minimum Gasteiger partial charge on any atom is -0.469 e. The van der Waals surface area contributed by atoms with E-state index in [1.807, 2.05) is 26.8 Å². The molecule has 1 aromatic carbocycles. The molecule has 198 valence electrons. The van der Waals surface area contributed by atoms with Crippen molar-refractivity contribution in [1.29, 1.82) is 0 Å². The van der Waals surface area contributed by atoms with Gasteiger partial charge in [0, 0.05) is 18.1 Å². The number of alkyl halides is 3. The highest BCUT2D eigenvalue weighted by Crippen LogP contribution is 2.51. The number of aromatic nitrogens is 3. The Morgan fingerprint density at radius 2 is 1.97 bits per heavy atom. The molecule has 1 saturated carbocycles. The molecule has 0 amide bonds. The van der Waals surface area contributed by atoms with E-state index in [-0.39, 0.29) is 18.8 Å². The second-order valence-corrected chi connectivity index (χ2v) is 11.0. The number of nitrogens with zero attached hydrogens (tertiary/aromatic N) is 3. The molecule has 4 rings (SSSR count). The number of aliphatic hydroxyl groups is 2. The lowest BCUT2D eigenvalue weighted by Gasteiger charge is -2.47. The van der Waals surface area contributed by atoms with Crippen LogP contribution in [-0.4, -0.2) is 44.3 Å². The van der Waals surface area contributed by atoms with Gasteiger partial charge >= 0.3 is 12.1 Å². The van der Waals surface area contributed by atoms with Crippen molar-refractivity contribution in [2.75, 3.05) is 12.4 Å². The van der Waals surface area contributed by atoms with Crippen LogP contribution in [0, 0.1) is 18.3 Å². The third kappa shape index (κ3) is 5.46. The number of aliphatic hydroxyl groups excluding tert-OH is 1. The highest BCUT2D eigenvalue weighted by molar-refractivity contribution is 7.15. The van der Waals surface area contributed by atoms with Gasteiger partial charge in [0.25, 0.3) is 0 Å². The van der Waals surface area contributed by atoms with Crippen LogP contribution in [0.4, 0.5) is 24.8 Å². The van der Waals surface area contributed by atoms with Gasteiger partial charge < -0.3 is 20.3 Å². The minimum atomic E-state index is -4.59. The molecule has 0 saturated heterocycles. The molecule has 0 radical (unpaired) electrons. The Morgan fingerprint density at radius 3 is 2.65 bits per heavy atom. The van der Waals surface area contributed by atoms with Crippen molar-refractivity contribution < 1.29 is 32.9 Å². The van der Waals surface area contributed by atoms with Crippen molar-refractivity contribution in [2.24, 2.45) is 11.3 Å². The summed E-state index contributed by atoms with van der Waals surface area (Å²) in [5.41, 5.74) is -1.37. The summed E-state index contributed by atoms with van der Waals surface area (Å²) < 4.78 is 43.9. The number of benzene rings is 1. The van der Waals surface area contributed by atoms with E-state index < -0.39 is 40.9 Å².